The van der Waals surface area contributed by atoms with Gasteiger partial charge in [-0.25, -0.2) is 9.03 Å². The average molecular weight is 333 g/mol. The van der Waals surface area contributed by atoms with Gasteiger partial charge in [0.25, 0.3) is 5.91 Å². The van der Waals surface area contributed by atoms with Crippen molar-refractivity contribution in [3.05, 3.63) is 53.9 Å². The largest absolute Gasteiger partial charge is 0.506 e. The number of anilines is 1. The molecule has 0 bridgehead atoms. The zero-order valence-corrected chi connectivity index (χ0v) is 13.0. The number of carbonyl (C=O) groups excluding carboxylic acids is 1. The molecule has 23 heavy (non-hydrogen) atoms. The molecular formula is C15H15N3O4S. The molecule has 0 aliphatic carbocycles. The highest BCUT2D eigenvalue weighted by atomic mass is 32.2. The van der Waals surface area contributed by atoms with E-state index in [4.69, 9.17) is 0 Å². The van der Waals surface area contributed by atoms with E-state index in [1.165, 1.54) is 6.07 Å². The van der Waals surface area contributed by atoms with Crippen LogP contribution in [-0.2, 0) is 27.8 Å². The first-order chi connectivity index (χ1) is 11.0. The summed E-state index contributed by atoms with van der Waals surface area (Å²) in [7, 11) is -3.93. The number of nitrogens with one attached hydrogen (secondary N) is 1. The van der Waals surface area contributed by atoms with Crippen molar-refractivity contribution in [2.45, 2.75) is 12.8 Å². The summed E-state index contributed by atoms with van der Waals surface area (Å²) < 4.78 is 26.5. The molecule has 0 atom stereocenters. The zero-order valence-electron chi connectivity index (χ0n) is 12.1. The molecule has 1 fully saturated rings. The van der Waals surface area contributed by atoms with Crippen molar-refractivity contribution in [1.29, 1.82) is 0 Å². The molecule has 1 aromatic carbocycles. The van der Waals surface area contributed by atoms with Gasteiger partial charge < -0.3 is 5.11 Å². The minimum absolute atomic E-state index is 0.104. The molecule has 1 aliphatic heterocycles. The molecule has 0 radical (unpaired) electrons. The van der Waals surface area contributed by atoms with E-state index in [2.05, 4.69) is 4.98 Å². The SMILES string of the molecule is O=C1CN(c2cc(CCc3cccnc3)ccc2O)S(=O)(=O)N1. The molecule has 8 heteroatoms. The van der Waals surface area contributed by atoms with Crippen LogP contribution in [-0.4, -0.2) is 31.0 Å². The van der Waals surface area contributed by atoms with Crippen LogP contribution >= 0.6 is 0 Å². The fourth-order valence-corrected chi connectivity index (χ4v) is 3.58. The van der Waals surface area contributed by atoms with E-state index >= 15 is 0 Å². The van der Waals surface area contributed by atoms with E-state index in [9.17, 15) is 18.3 Å². The number of hydrogen-bond donors (Lipinski definition) is 2. The predicted molar refractivity (Wildman–Crippen MR) is 84.2 cm³/mol. The van der Waals surface area contributed by atoms with Crippen molar-refractivity contribution in [3.8, 4) is 5.75 Å². The standard InChI is InChI=1S/C15H15N3O4S/c19-14-6-5-11(3-4-12-2-1-7-16-9-12)8-13(14)18-10-15(20)17-23(18,21)22/h1-2,5-9,19H,3-4,10H2,(H,17,20). The summed E-state index contributed by atoms with van der Waals surface area (Å²) in [5, 5.41) is 9.94. The number of aryl methyl sites for hydroxylation is 2. The lowest BCUT2D eigenvalue weighted by atomic mass is 10.0. The number of pyridine rings is 1. The molecule has 1 aromatic heterocycles. The highest BCUT2D eigenvalue weighted by Gasteiger charge is 2.35. The minimum Gasteiger partial charge on any atom is -0.506 e. The Bertz CT molecular complexity index is 837. The van der Waals surface area contributed by atoms with Gasteiger partial charge in [0, 0.05) is 12.4 Å². The van der Waals surface area contributed by atoms with Crippen LogP contribution in [0.3, 0.4) is 0 Å². The molecule has 1 aliphatic rings. The number of benzene rings is 1. The van der Waals surface area contributed by atoms with Gasteiger partial charge in [0.15, 0.2) is 0 Å². The smallest absolute Gasteiger partial charge is 0.326 e. The topological polar surface area (TPSA) is 99.6 Å². The molecule has 0 spiro atoms. The Morgan fingerprint density at radius 2 is 2.00 bits per heavy atom. The van der Waals surface area contributed by atoms with Crippen molar-refractivity contribution >= 4 is 21.8 Å². The normalized spacial score (nSPS) is 16.3. The number of carbonyl (C=O) groups is 1. The van der Waals surface area contributed by atoms with E-state index < -0.39 is 16.1 Å². The van der Waals surface area contributed by atoms with Crippen LogP contribution < -0.4 is 9.03 Å². The number of phenolic OH excluding ortho intramolecular Hbond substituents is 1. The van der Waals surface area contributed by atoms with Crippen LogP contribution in [0, 0.1) is 0 Å². The molecule has 2 heterocycles. The highest BCUT2D eigenvalue weighted by molar-refractivity contribution is 7.92. The molecular weight excluding hydrogens is 318 g/mol. The maximum atomic E-state index is 11.9. The second kappa shape index (κ2) is 5.88. The van der Waals surface area contributed by atoms with Gasteiger partial charge >= 0.3 is 10.2 Å². The van der Waals surface area contributed by atoms with Crippen molar-refractivity contribution in [1.82, 2.24) is 9.71 Å². The summed E-state index contributed by atoms with van der Waals surface area (Å²) in [4.78, 5) is 15.4. The van der Waals surface area contributed by atoms with Crippen LogP contribution in [0.5, 0.6) is 5.75 Å². The number of aromatic hydroxyl groups is 1. The highest BCUT2D eigenvalue weighted by Crippen LogP contribution is 2.31. The van der Waals surface area contributed by atoms with Crippen molar-refractivity contribution in [2.75, 3.05) is 10.8 Å². The molecule has 2 aromatic rings. The van der Waals surface area contributed by atoms with E-state index in [0.29, 0.717) is 6.42 Å². The lowest BCUT2D eigenvalue weighted by Crippen LogP contribution is -2.29. The van der Waals surface area contributed by atoms with Gasteiger partial charge in [-0.1, -0.05) is 12.1 Å². The quantitative estimate of drug-likeness (QED) is 0.860. The van der Waals surface area contributed by atoms with Gasteiger partial charge in [0.2, 0.25) is 0 Å². The summed E-state index contributed by atoms with van der Waals surface area (Å²) in [5.74, 6) is -0.805. The number of rotatable bonds is 4. The van der Waals surface area contributed by atoms with Crippen LogP contribution in [0.4, 0.5) is 5.69 Å². The van der Waals surface area contributed by atoms with Crippen LogP contribution in [0.2, 0.25) is 0 Å². The number of aromatic nitrogens is 1. The first-order valence-electron chi connectivity index (χ1n) is 7.00. The van der Waals surface area contributed by atoms with Gasteiger partial charge in [0.1, 0.15) is 12.3 Å². The van der Waals surface area contributed by atoms with E-state index in [1.807, 2.05) is 16.9 Å². The van der Waals surface area contributed by atoms with Gasteiger partial charge in [0.05, 0.1) is 5.69 Å². The summed E-state index contributed by atoms with van der Waals surface area (Å²) in [6.45, 7) is -0.331. The van der Waals surface area contributed by atoms with E-state index in [1.54, 1.807) is 24.5 Å². The molecule has 3 rings (SSSR count). The molecule has 120 valence electrons. The average Bonchev–Trinajstić information content (AvgIpc) is 2.80. The van der Waals surface area contributed by atoms with Gasteiger partial charge in [-0.2, -0.15) is 8.42 Å². The summed E-state index contributed by atoms with van der Waals surface area (Å²) >= 11 is 0. The second-order valence-electron chi connectivity index (χ2n) is 5.22. The Labute approximate surface area is 133 Å². The van der Waals surface area contributed by atoms with Gasteiger partial charge in [-0.05, 0) is 42.2 Å². The van der Waals surface area contributed by atoms with E-state index in [0.717, 1.165) is 21.9 Å². The number of hydrogen-bond acceptors (Lipinski definition) is 5. The first kappa shape index (κ1) is 15.3. The van der Waals surface area contributed by atoms with Crippen molar-refractivity contribution in [2.24, 2.45) is 0 Å². The fourth-order valence-electron chi connectivity index (χ4n) is 2.42. The van der Waals surface area contributed by atoms with Crippen molar-refractivity contribution in [3.63, 3.8) is 0 Å². The Hall–Kier alpha value is -2.61. The third-order valence-electron chi connectivity index (χ3n) is 3.55. The second-order valence-corrected chi connectivity index (χ2v) is 6.82. The summed E-state index contributed by atoms with van der Waals surface area (Å²) in [6, 6.07) is 8.57. The lowest BCUT2D eigenvalue weighted by molar-refractivity contribution is -0.117. The fraction of sp³-hybridized carbons (Fsp3) is 0.200. The molecule has 7 nitrogen and oxygen atoms in total. The van der Waals surface area contributed by atoms with Crippen LogP contribution in [0.1, 0.15) is 11.1 Å². The van der Waals surface area contributed by atoms with E-state index in [-0.39, 0.29) is 18.0 Å². The first-order valence-corrected chi connectivity index (χ1v) is 8.44. The number of amides is 1. The van der Waals surface area contributed by atoms with Gasteiger partial charge in [-0.15, -0.1) is 0 Å². The Morgan fingerprint density at radius 3 is 2.65 bits per heavy atom. The monoisotopic (exact) mass is 333 g/mol. The Kier molecular flexibility index (Phi) is 3.91. The molecule has 1 saturated heterocycles. The van der Waals surface area contributed by atoms with Crippen molar-refractivity contribution < 1.29 is 18.3 Å². The number of nitrogens with zero attached hydrogens (tertiary/aromatic N) is 2. The van der Waals surface area contributed by atoms with Crippen LogP contribution in [0.15, 0.2) is 42.7 Å². The zero-order chi connectivity index (χ0) is 16.4. The summed E-state index contributed by atoms with van der Waals surface area (Å²) in [5.41, 5.74) is 2.02. The maximum absolute atomic E-state index is 11.9. The predicted octanol–water partition coefficient (Wildman–Crippen LogP) is 0.753. The molecule has 1 amide bonds. The molecule has 0 saturated carbocycles. The van der Waals surface area contributed by atoms with Crippen LogP contribution in [0.25, 0.3) is 0 Å². The minimum atomic E-state index is -3.93. The maximum Gasteiger partial charge on any atom is 0.326 e. The Morgan fingerprint density at radius 1 is 1.22 bits per heavy atom. The third-order valence-corrected chi connectivity index (χ3v) is 4.95. The summed E-state index contributed by atoms with van der Waals surface area (Å²) in [6.07, 6.45) is 4.87. The third kappa shape index (κ3) is 3.26. The Balaban J connectivity index is 1.84. The lowest BCUT2D eigenvalue weighted by Gasteiger charge is -2.17. The van der Waals surface area contributed by atoms with Gasteiger partial charge in [-0.3, -0.25) is 9.78 Å². The number of phenols is 1. The molecule has 0 unspecified atom stereocenters. The molecule has 2 N–H and O–H groups in total.